The van der Waals surface area contributed by atoms with Crippen molar-refractivity contribution < 1.29 is 14.3 Å². The standard InChI is InChI=1S/C18H28N2O3/c1-5-7-10-22-16-13(3)11-15(12-19-16)20-17(21)18(4,23-6-2)14-8-9-14/h11-12,14H,5-10H2,1-4H3,(H,20,21)/t18-/m0/s1. The van der Waals surface area contributed by atoms with E-state index in [2.05, 4.69) is 17.2 Å². The second-order valence-corrected chi connectivity index (χ2v) is 6.32. The maximum atomic E-state index is 12.6. The Morgan fingerprint density at radius 3 is 2.74 bits per heavy atom. The van der Waals surface area contributed by atoms with Crippen LogP contribution in [0.25, 0.3) is 0 Å². The number of amides is 1. The Labute approximate surface area is 138 Å². The predicted molar refractivity (Wildman–Crippen MR) is 90.8 cm³/mol. The molecule has 5 nitrogen and oxygen atoms in total. The second kappa shape index (κ2) is 7.77. The maximum absolute atomic E-state index is 12.6. The van der Waals surface area contributed by atoms with Gasteiger partial charge >= 0.3 is 0 Å². The van der Waals surface area contributed by atoms with Crippen LogP contribution in [0.2, 0.25) is 0 Å². The smallest absolute Gasteiger partial charge is 0.256 e. The zero-order valence-corrected chi connectivity index (χ0v) is 14.6. The molecule has 2 rings (SSSR count). The summed E-state index contributed by atoms with van der Waals surface area (Å²) in [6.45, 7) is 9.06. The van der Waals surface area contributed by atoms with E-state index < -0.39 is 5.60 Å². The lowest BCUT2D eigenvalue weighted by molar-refractivity contribution is -0.141. The van der Waals surface area contributed by atoms with Gasteiger partial charge in [0.25, 0.3) is 5.91 Å². The van der Waals surface area contributed by atoms with Gasteiger partial charge in [-0.2, -0.15) is 0 Å². The number of unbranched alkanes of at least 4 members (excludes halogenated alkanes) is 1. The van der Waals surface area contributed by atoms with Crippen LogP contribution < -0.4 is 10.1 Å². The number of nitrogens with one attached hydrogen (secondary N) is 1. The molecule has 1 aromatic heterocycles. The number of hydrogen-bond donors (Lipinski definition) is 1. The quantitative estimate of drug-likeness (QED) is 0.705. The van der Waals surface area contributed by atoms with E-state index in [4.69, 9.17) is 9.47 Å². The maximum Gasteiger partial charge on any atom is 0.256 e. The highest BCUT2D eigenvalue weighted by Gasteiger charge is 2.48. The Hall–Kier alpha value is -1.62. The number of rotatable bonds is 9. The van der Waals surface area contributed by atoms with Gasteiger partial charge in [0, 0.05) is 12.2 Å². The number of pyridine rings is 1. The van der Waals surface area contributed by atoms with Gasteiger partial charge in [0.2, 0.25) is 5.88 Å². The molecule has 5 heteroatoms. The molecule has 0 saturated heterocycles. The average Bonchev–Trinajstić information content (AvgIpc) is 3.35. The molecular weight excluding hydrogens is 292 g/mol. The molecule has 1 heterocycles. The monoisotopic (exact) mass is 320 g/mol. The van der Waals surface area contributed by atoms with E-state index in [1.165, 1.54) is 0 Å². The third-order valence-corrected chi connectivity index (χ3v) is 4.28. The highest BCUT2D eigenvalue weighted by Crippen LogP contribution is 2.42. The molecular formula is C18H28N2O3. The average molecular weight is 320 g/mol. The highest BCUT2D eigenvalue weighted by molar-refractivity contribution is 5.97. The molecule has 1 saturated carbocycles. The summed E-state index contributed by atoms with van der Waals surface area (Å²) in [5, 5.41) is 2.94. The van der Waals surface area contributed by atoms with Crippen molar-refractivity contribution in [2.75, 3.05) is 18.5 Å². The molecule has 1 atom stereocenters. The fourth-order valence-electron chi connectivity index (χ4n) is 2.65. The van der Waals surface area contributed by atoms with E-state index in [0.717, 1.165) is 31.2 Å². The van der Waals surface area contributed by atoms with E-state index in [1.807, 2.05) is 26.8 Å². The summed E-state index contributed by atoms with van der Waals surface area (Å²) in [6.07, 6.45) is 5.83. The number of aromatic nitrogens is 1. The van der Waals surface area contributed by atoms with Crippen molar-refractivity contribution in [2.45, 2.75) is 59.0 Å². The molecule has 1 aliphatic rings. The van der Waals surface area contributed by atoms with Crippen LogP contribution in [-0.4, -0.2) is 29.7 Å². The number of hydrogen-bond acceptors (Lipinski definition) is 4. The fourth-order valence-corrected chi connectivity index (χ4v) is 2.65. The van der Waals surface area contributed by atoms with E-state index in [9.17, 15) is 4.79 Å². The van der Waals surface area contributed by atoms with Gasteiger partial charge < -0.3 is 14.8 Å². The van der Waals surface area contributed by atoms with Crippen LogP contribution >= 0.6 is 0 Å². The van der Waals surface area contributed by atoms with Crippen LogP contribution in [0.3, 0.4) is 0 Å². The third kappa shape index (κ3) is 4.44. The van der Waals surface area contributed by atoms with Crippen LogP contribution in [0.4, 0.5) is 5.69 Å². The topological polar surface area (TPSA) is 60.5 Å². The van der Waals surface area contributed by atoms with Crippen molar-refractivity contribution in [3.8, 4) is 5.88 Å². The summed E-state index contributed by atoms with van der Waals surface area (Å²) in [6, 6.07) is 1.89. The van der Waals surface area contributed by atoms with E-state index >= 15 is 0 Å². The van der Waals surface area contributed by atoms with Crippen LogP contribution in [-0.2, 0) is 9.53 Å². The van der Waals surface area contributed by atoms with Gasteiger partial charge in [-0.25, -0.2) is 4.98 Å². The number of anilines is 1. The molecule has 128 valence electrons. The van der Waals surface area contributed by atoms with Gasteiger partial charge in [-0.1, -0.05) is 13.3 Å². The molecule has 1 N–H and O–H groups in total. The number of nitrogens with zero attached hydrogens (tertiary/aromatic N) is 1. The normalized spacial score (nSPS) is 16.7. The lowest BCUT2D eigenvalue weighted by atomic mass is 9.99. The van der Waals surface area contributed by atoms with Crippen LogP contribution in [0.1, 0.15) is 52.0 Å². The molecule has 0 spiro atoms. The van der Waals surface area contributed by atoms with Gasteiger partial charge in [-0.3, -0.25) is 4.79 Å². The van der Waals surface area contributed by atoms with Crippen molar-refractivity contribution in [1.29, 1.82) is 0 Å². The highest BCUT2D eigenvalue weighted by atomic mass is 16.5. The molecule has 0 unspecified atom stereocenters. The number of aryl methyl sites for hydroxylation is 1. The Bertz CT molecular complexity index is 543. The summed E-state index contributed by atoms with van der Waals surface area (Å²) in [5.74, 6) is 0.849. The van der Waals surface area contributed by atoms with E-state index in [0.29, 0.717) is 30.7 Å². The molecule has 0 aliphatic heterocycles. The molecule has 0 radical (unpaired) electrons. The van der Waals surface area contributed by atoms with Gasteiger partial charge in [0.15, 0.2) is 0 Å². The number of carbonyl (C=O) groups excluding carboxylic acids is 1. The van der Waals surface area contributed by atoms with Crippen molar-refractivity contribution in [1.82, 2.24) is 4.98 Å². The van der Waals surface area contributed by atoms with Crippen molar-refractivity contribution >= 4 is 11.6 Å². The largest absolute Gasteiger partial charge is 0.477 e. The van der Waals surface area contributed by atoms with Crippen molar-refractivity contribution in [3.05, 3.63) is 17.8 Å². The second-order valence-electron chi connectivity index (χ2n) is 6.32. The summed E-state index contributed by atoms with van der Waals surface area (Å²) >= 11 is 0. The molecule has 1 amide bonds. The summed E-state index contributed by atoms with van der Waals surface area (Å²) < 4.78 is 11.4. The van der Waals surface area contributed by atoms with Crippen LogP contribution in [0.15, 0.2) is 12.3 Å². The van der Waals surface area contributed by atoms with E-state index in [-0.39, 0.29) is 5.91 Å². The fraction of sp³-hybridized carbons (Fsp3) is 0.667. The van der Waals surface area contributed by atoms with E-state index in [1.54, 1.807) is 6.20 Å². The summed E-state index contributed by atoms with van der Waals surface area (Å²) in [5.41, 5.74) is 0.851. The Morgan fingerprint density at radius 1 is 1.43 bits per heavy atom. The first-order valence-electron chi connectivity index (χ1n) is 8.56. The van der Waals surface area contributed by atoms with Crippen molar-refractivity contribution in [2.24, 2.45) is 5.92 Å². The molecule has 0 bridgehead atoms. The Morgan fingerprint density at radius 2 is 2.17 bits per heavy atom. The molecule has 1 aliphatic carbocycles. The lowest BCUT2D eigenvalue weighted by Crippen LogP contribution is -2.44. The van der Waals surface area contributed by atoms with Crippen molar-refractivity contribution in [3.63, 3.8) is 0 Å². The first-order valence-corrected chi connectivity index (χ1v) is 8.56. The van der Waals surface area contributed by atoms with Crippen LogP contribution in [0.5, 0.6) is 5.88 Å². The summed E-state index contributed by atoms with van der Waals surface area (Å²) in [4.78, 5) is 16.9. The SMILES string of the molecule is CCCCOc1ncc(NC(=O)[C@@](C)(OCC)C2CC2)cc1C. The zero-order valence-electron chi connectivity index (χ0n) is 14.6. The van der Waals surface area contributed by atoms with Gasteiger partial charge in [-0.15, -0.1) is 0 Å². The molecule has 0 aromatic carbocycles. The van der Waals surface area contributed by atoms with Crippen LogP contribution in [0, 0.1) is 12.8 Å². The zero-order chi connectivity index (χ0) is 16.9. The first-order chi connectivity index (χ1) is 11.0. The molecule has 1 aromatic rings. The molecule has 1 fully saturated rings. The van der Waals surface area contributed by atoms with Gasteiger partial charge in [0.05, 0.1) is 18.5 Å². The minimum atomic E-state index is -0.751. The number of ether oxygens (including phenoxy) is 2. The Kier molecular flexibility index (Phi) is 5.99. The predicted octanol–water partition coefficient (Wildman–Crippen LogP) is 3.71. The Balaban J connectivity index is 2.01. The minimum absolute atomic E-state index is 0.0947. The van der Waals surface area contributed by atoms with Gasteiger partial charge in [0.1, 0.15) is 5.60 Å². The first kappa shape index (κ1) is 17.7. The molecule has 23 heavy (non-hydrogen) atoms. The number of carbonyl (C=O) groups is 1. The summed E-state index contributed by atoms with van der Waals surface area (Å²) in [7, 11) is 0. The third-order valence-electron chi connectivity index (χ3n) is 4.28. The minimum Gasteiger partial charge on any atom is -0.477 e. The van der Waals surface area contributed by atoms with Gasteiger partial charge in [-0.05, 0) is 52.0 Å². The lowest BCUT2D eigenvalue weighted by Gasteiger charge is -2.28.